The number of phenols is 1. The summed E-state index contributed by atoms with van der Waals surface area (Å²) in [6, 6.07) is 37.0. The quantitative estimate of drug-likeness (QED) is 0.217. The average molecular weight is 472 g/mol. The highest BCUT2D eigenvalue weighted by atomic mass is 16.3. The number of aromatic nitrogens is 1. The number of benzene rings is 4. The van der Waals surface area contributed by atoms with Gasteiger partial charge in [0.25, 0.3) is 5.91 Å². The number of hydrogen-bond acceptors (Lipinski definition) is 3. The van der Waals surface area contributed by atoms with Crippen molar-refractivity contribution in [3.8, 4) is 34.0 Å². The molecule has 0 aliphatic carbocycles. The van der Waals surface area contributed by atoms with Crippen molar-refractivity contribution in [3.63, 3.8) is 0 Å². The lowest BCUT2D eigenvalue weighted by atomic mass is 10.1. The second kappa shape index (κ2) is 10.2. The molecule has 5 aromatic rings. The van der Waals surface area contributed by atoms with E-state index in [2.05, 4.69) is 76.6 Å². The van der Waals surface area contributed by atoms with Gasteiger partial charge >= 0.3 is 0 Å². The van der Waals surface area contributed by atoms with Gasteiger partial charge in [-0.25, -0.2) is 5.43 Å². The van der Waals surface area contributed by atoms with Crippen LogP contribution < -0.4 is 5.43 Å². The van der Waals surface area contributed by atoms with Crippen molar-refractivity contribution >= 4 is 12.1 Å². The van der Waals surface area contributed by atoms with Crippen molar-refractivity contribution in [1.29, 1.82) is 0 Å². The van der Waals surface area contributed by atoms with E-state index >= 15 is 0 Å². The van der Waals surface area contributed by atoms with Crippen molar-refractivity contribution in [3.05, 3.63) is 132 Å². The second-order valence-electron chi connectivity index (χ2n) is 8.49. The molecule has 2 N–H and O–H groups in total. The van der Waals surface area contributed by atoms with E-state index in [1.54, 1.807) is 18.3 Å². The van der Waals surface area contributed by atoms with Gasteiger partial charge in [0.15, 0.2) is 0 Å². The van der Waals surface area contributed by atoms with Crippen LogP contribution in [0.5, 0.6) is 5.75 Å². The molecule has 0 bridgehead atoms. The Balaban J connectivity index is 1.63. The Bertz CT molecular complexity index is 1520. The summed E-state index contributed by atoms with van der Waals surface area (Å²) in [5.74, 6) is -0.370. The van der Waals surface area contributed by atoms with E-state index in [1.165, 1.54) is 17.7 Å². The molecule has 176 valence electrons. The van der Waals surface area contributed by atoms with Crippen LogP contribution in [-0.4, -0.2) is 21.8 Å². The number of rotatable bonds is 6. The van der Waals surface area contributed by atoms with Gasteiger partial charge in [-0.3, -0.25) is 4.79 Å². The molecule has 36 heavy (non-hydrogen) atoms. The fourth-order valence-electron chi connectivity index (χ4n) is 4.18. The zero-order chi connectivity index (χ0) is 24.9. The van der Waals surface area contributed by atoms with Crippen LogP contribution in [0.15, 0.2) is 120 Å². The van der Waals surface area contributed by atoms with Crippen LogP contribution in [-0.2, 0) is 0 Å². The summed E-state index contributed by atoms with van der Waals surface area (Å²) in [4.78, 5) is 12.5. The number of carbonyl (C=O) groups is 1. The second-order valence-corrected chi connectivity index (χ2v) is 8.49. The van der Waals surface area contributed by atoms with Gasteiger partial charge in [0.1, 0.15) is 5.75 Å². The predicted octanol–water partition coefficient (Wildman–Crippen LogP) is 6.59. The largest absolute Gasteiger partial charge is 0.508 e. The molecule has 5 heteroatoms. The normalized spacial score (nSPS) is 11.0. The number of nitrogens with zero attached hydrogens (tertiary/aromatic N) is 2. The Labute approximate surface area is 210 Å². The average Bonchev–Trinajstić information content (AvgIpc) is 3.29. The number of aromatic hydroxyl groups is 1. The Morgan fingerprint density at radius 1 is 0.806 bits per heavy atom. The summed E-state index contributed by atoms with van der Waals surface area (Å²) >= 11 is 0. The van der Waals surface area contributed by atoms with Gasteiger partial charge in [-0.2, -0.15) is 5.10 Å². The highest BCUT2D eigenvalue weighted by molar-refractivity contribution is 5.97. The number of carbonyl (C=O) groups excluding carboxylic acids is 1. The molecule has 0 aliphatic rings. The smallest absolute Gasteiger partial charge is 0.271 e. The highest BCUT2D eigenvalue weighted by Gasteiger charge is 2.18. The van der Waals surface area contributed by atoms with Crippen molar-refractivity contribution < 1.29 is 9.90 Å². The highest BCUT2D eigenvalue weighted by Crippen LogP contribution is 2.35. The topological polar surface area (TPSA) is 66.6 Å². The van der Waals surface area contributed by atoms with Gasteiger partial charge in [-0.1, -0.05) is 84.4 Å². The molecule has 1 aromatic heterocycles. The number of phenolic OH excluding ortho intramolecular Hbond substituents is 1. The number of nitrogens with one attached hydrogen (secondary N) is 1. The monoisotopic (exact) mass is 471 g/mol. The fraction of sp³-hybridized carbons (Fsp3) is 0.0323. The number of amides is 1. The lowest BCUT2D eigenvalue weighted by Crippen LogP contribution is -2.17. The van der Waals surface area contributed by atoms with Gasteiger partial charge in [-0.15, -0.1) is 0 Å². The Morgan fingerprint density at radius 3 is 2.14 bits per heavy atom. The molecule has 4 aromatic carbocycles. The third-order valence-electron chi connectivity index (χ3n) is 5.92. The first-order valence-electron chi connectivity index (χ1n) is 11.7. The van der Waals surface area contributed by atoms with Gasteiger partial charge < -0.3 is 9.67 Å². The molecule has 5 rings (SSSR count). The molecule has 0 spiro atoms. The molecule has 0 aliphatic heterocycles. The van der Waals surface area contributed by atoms with Crippen LogP contribution in [0.2, 0.25) is 0 Å². The molecular weight excluding hydrogens is 446 g/mol. The Kier molecular flexibility index (Phi) is 6.45. The number of hydrazone groups is 1. The summed E-state index contributed by atoms with van der Waals surface area (Å²) < 4.78 is 2.22. The van der Waals surface area contributed by atoms with E-state index in [9.17, 15) is 9.90 Å². The molecular formula is C31H25N3O2. The van der Waals surface area contributed by atoms with E-state index in [0.717, 1.165) is 33.8 Å². The molecule has 1 heterocycles. The summed E-state index contributed by atoms with van der Waals surface area (Å²) in [5.41, 5.74) is 10.1. The zero-order valence-electron chi connectivity index (χ0n) is 19.8. The molecule has 0 radical (unpaired) electrons. The van der Waals surface area contributed by atoms with Crippen molar-refractivity contribution in [2.45, 2.75) is 6.92 Å². The minimum atomic E-state index is -0.398. The van der Waals surface area contributed by atoms with Crippen molar-refractivity contribution in [2.75, 3.05) is 0 Å². The van der Waals surface area contributed by atoms with E-state index in [0.29, 0.717) is 5.56 Å². The lowest BCUT2D eigenvalue weighted by molar-refractivity contribution is 0.0954. The van der Waals surface area contributed by atoms with Crippen molar-refractivity contribution in [1.82, 2.24) is 9.99 Å². The first-order valence-corrected chi connectivity index (χ1v) is 11.7. The molecule has 0 unspecified atom stereocenters. The van der Waals surface area contributed by atoms with Crippen LogP contribution in [0.25, 0.3) is 28.2 Å². The third-order valence-corrected chi connectivity index (χ3v) is 5.92. The minimum Gasteiger partial charge on any atom is -0.508 e. The van der Waals surface area contributed by atoms with E-state index < -0.39 is 5.91 Å². The number of aryl methyl sites for hydroxylation is 1. The molecule has 0 atom stereocenters. The molecule has 0 saturated heterocycles. The van der Waals surface area contributed by atoms with Crippen LogP contribution >= 0.6 is 0 Å². The number of hydrogen-bond donors (Lipinski definition) is 2. The van der Waals surface area contributed by atoms with Crippen LogP contribution in [0.3, 0.4) is 0 Å². The molecule has 1 amide bonds. The van der Waals surface area contributed by atoms with Crippen LogP contribution in [0.1, 0.15) is 21.5 Å². The van der Waals surface area contributed by atoms with E-state index in [-0.39, 0.29) is 5.75 Å². The maximum Gasteiger partial charge on any atom is 0.271 e. The first kappa shape index (κ1) is 22.9. The molecule has 0 fully saturated rings. The van der Waals surface area contributed by atoms with Gasteiger partial charge in [0.05, 0.1) is 17.6 Å². The lowest BCUT2D eigenvalue weighted by Gasteiger charge is -2.15. The first-order chi connectivity index (χ1) is 17.6. The summed E-state index contributed by atoms with van der Waals surface area (Å²) in [6.45, 7) is 2.07. The zero-order valence-corrected chi connectivity index (χ0v) is 19.8. The molecule has 5 nitrogen and oxygen atoms in total. The minimum absolute atomic E-state index is 0.0284. The van der Waals surface area contributed by atoms with Gasteiger partial charge in [-0.05, 0) is 54.4 Å². The Hall–Kier alpha value is -4.90. The third kappa shape index (κ3) is 4.81. The van der Waals surface area contributed by atoms with Crippen molar-refractivity contribution in [2.24, 2.45) is 5.10 Å². The van der Waals surface area contributed by atoms with E-state index in [1.807, 2.05) is 36.4 Å². The maximum absolute atomic E-state index is 12.5. The predicted molar refractivity (Wildman–Crippen MR) is 145 cm³/mol. The molecule has 0 saturated carbocycles. The van der Waals surface area contributed by atoms with Crippen LogP contribution in [0.4, 0.5) is 0 Å². The SMILES string of the molecule is Cc1ccc(-n2c(-c3ccccc3)cc(/C=N/NC(=O)c3cccc(O)c3)c2-c2ccccc2)cc1. The summed E-state index contributed by atoms with van der Waals surface area (Å²) in [6.07, 6.45) is 1.67. The van der Waals surface area contributed by atoms with E-state index in [4.69, 9.17) is 0 Å². The fourth-order valence-corrected chi connectivity index (χ4v) is 4.18. The summed E-state index contributed by atoms with van der Waals surface area (Å²) in [5, 5.41) is 13.9. The standard InChI is InChI=1S/C31H25N3O2/c1-22-15-17-27(18-16-22)34-29(23-9-4-2-5-10-23)20-26(30(34)24-11-6-3-7-12-24)21-32-33-31(36)25-13-8-14-28(35)19-25/h2-21,35H,1H3,(H,33,36)/b32-21+. The van der Waals surface area contributed by atoms with Crippen LogP contribution in [0, 0.1) is 6.92 Å². The summed E-state index contributed by atoms with van der Waals surface area (Å²) in [7, 11) is 0. The Morgan fingerprint density at radius 2 is 1.47 bits per heavy atom. The maximum atomic E-state index is 12.5. The van der Waals surface area contributed by atoms with Gasteiger partial charge in [0.2, 0.25) is 0 Å². The van der Waals surface area contributed by atoms with Gasteiger partial charge in [0, 0.05) is 16.8 Å².